The van der Waals surface area contributed by atoms with Gasteiger partial charge in [0.1, 0.15) is 11.5 Å². The van der Waals surface area contributed by atoms with Gasteiger partial charge in [-0.2, -0.15) is 0 Å². The van der Waals surface area contributed by atoms with Crippen molar-refractivity contribution in [1.29, 1.82) is 0 Å². The molecule has 1 aromatic heterocycles. The molecule has 0 N–H and O–H groups in total. The standard InChI is InChI=1S/C15H11NO3/c1-10-16-13(15(17)18-10)9-12-7-8-14(19-12)11-5-3-2-4-6-11/h2-9H,1H3. The lowest BCUT2D eigenvalue weighted by Crippen LogP contribution is -1.99. The molecule has 0 bridgehead atoms. The number of hydrogen-bond donors (Lipinski definition) is 0. The van der Waals surface area contributed by atoms with Gasteiger partial charge in [0.15, 0.2) is 11.6 Å². The lowest BCUT2D eigenvalue weighted by Gasteiger charge is -1.94. The maximum Gasteiger partial charge on any atom is 0.363 e. The molecule has 0 fully saturated rings. The summed E-state index contributed by atoms with van der Waals surface area (Å²) in [7, 11) is 0. The fraction of sp³-hybridized carbons (Fsp3) is 0.0667. The Balaban J connectivity index is 1.91. The summed E-state index contributed by atoms with van der Waals surface area (Å²) in [6.07, 6.45) is 1.57. The van der Waals surface area contributed by atoms with Crippen molar-refractivity contribution in [2.75, 3.05) is 0 Å². The number of aliphatic imine (C=N–C) groups is 1. The second kappa shape index (κ2) is 4.57. The highest BCUT2D eigenvalue weighted by Gasteiger charge is 2.20. The predicted octanol–water partition coefficient (Wildman–Crippen LogP) is 3.26. The summed E-state index contributed by atoms with van der Waals surface area (Å²) in [5.74, 6) is 1.23. The van der Waals surface area contributed by atoms with Crippen LogP contribution in [0.25, 0.3) is 17.4 Å². The van der Waals surface area contributed by atoms with Crippen LogP contribution in [0.2, 0.25) is 0 Å². The first-order valence-electron chi connectivity index (χ1n) is 5.87. The van der Waals surface area contributed by atoms with Gasteiger partial charge in [0.2, 0.25) is 0 Å². The molecule has 0 unspecified atom stereocenters. The van der Waals surface area contributed by atoms with E-state index < -0.39 is 5.97 Å². The monoisotopic (exact) mass is 253 g/mol. The van der Waals surface area contributed by atoms with E-state index in [0.717, 1.165) is 11.3 Å². The average molecular weight is 253 g/mol. The van der Waals surface area contributed by atoms with Crippen molar-refractivity contribution in [3.63, 3.8) is 0 Å². The molecule has 4 nitrogen and oxygen atoms in total. The van der Waals surface area contributed by atoms with Crippen molar-refractivity contribution in [3.05, 3.63) is 53.9 Å². The molecular formula is C15H11NO3. The lowest BCUT2D eigenvalue weighted by atomic mass is 10.2. The Morgan fingerprint density at radius 2 is 1.89 bits per heavy atom. The predicted molar refractivity (Wildman–Crippen MR) is 71.3 cm³/mol. The van der Waals surface area contributed by atoms with Crippen LogP contribution in [0.15, 0.2) is 57.6 Å². The van der Waals surface area contributed by atoms with Crippen molar-refractivity contribution >= 4 is 17.9 Å². The number of carbonyl (C=O) groups excluding carboxylic acids is 1. The topological polar surface area (TPSA) is 51.8 Å². The molecule has 0 radical (unpaired) electrons. The van der Waals surface area contributed by atoms with E-state index in [-0.39, 0.29) is 5.70 Å². The van der Waals surface area contributed by atoms with Crippen LogP contribution in [0.3, 0.4) is 0 Å². The lowest BCUT2D eigenvalue weighted by molar-refractivity contribution is -0.130. The van der Waals surface area contributed by atoms with E-state index in [0.29, 0.717) is 11.7 Å². The highest BCUT2D eigenvalue weighted by molar-refractivity contribution is 6.06. The highest BCUT2D eigenvalue weighted by atomic mass is 16.6. The molecule has 1 aliphatic heterocycles. The summed E-state index contributed by atoms with van der Waals surface area (Å²) in [6.45, 7) is 1.64. The van der Waals surface area contributed by atoms with Crippen molar-refractivity contribution in [1.82, 2.24) is 0 Å². The van der Waals surface area contributed by atoms with E-state index in [9.17, 15) is 4.79 Å². The van der Waals surface area contributed by atoms with Gasteiger partial charge in [-0.05, 0) is 12.1 Å². The van der Waals surface area contributed by atoms with Crippen molar-refractivity contribution in [2.24, 2.45) is 4.99 Å². The quantitative estimate of drug-likeness (QED) is 0.609. The first-order valence-corrected chi connectivity index (χ1v) is 5.87. The average Bonchev–Trinajstić information content (AvgIpc) is 2.99. The van der Waals surface area contributed by atoms with E-state index in [1.165, 1.54) is 0 Å². The van der Waals surface area contributed by atoms with Crippen LogP contribution in [0.5, 0.6) is 0 Å². The maximum absolute atomic E-state index is 11.4. The minimum absolute atomic E-state index is 0.256. The molecule has 0 spiro atoms. The number of benzene rings is 1. The number of cyclic esters (lactones) is 1. The Hall–Kier alpha value is -2.62. The maximum atomic E-state index is 11.4. The van der Waals surface area contributed by atoms with Crippen LogP contribution >= 0.6 is 0 Å². The summed E-state index contributed by atoms with van der Waals surface area (Å²) >= 11 is 0. The third kappa shape index (κ3) is 2.33. The van der Waals surface area contributed by atoms with Gasteiger partial charge in [0.05, 0.1) is 0 Å². The third-order valence-electron chi connectivity index (χ3n) is 2.69. The molecule has 2 heterocycles. The molecule has 1 aliphatic rings. The smallest absolute Gasteiger partial charge is 0.363 e. The molecule has 2 aromatic rings. The fourth-order valence-electron chi connectivity index (χ4n) is 1.84. The number of ether oxygens (including phenoxy) is 1. The van der Waals surface area contributed by atoms with Gasteiger partial charge in [0.25, 0.3) is 0 Å². The zero-order valence-electron chi connectivity index (χ0n) is 10.3. The Labute approximate surface area is 110 Å². The Morgan fingerprint density at radius 1 is 1.11 bits per heavy atom. The van der Waals surface area contributed by atoms with E-state index in [1.54, 1.807) is 19.1 Å². The summed E-state index contributed by atoms with van der Waals surface area (Å²) in [5, 5.41) is 0. The van der Waals surface area contributed by atoms with Crippen LogP contribution in [-0.4, -0.2) is 11.9 Å². The van der Waals surface area contributed by atoms with Gasteiger partial charge in [-0.3, -0.25) is 0 Å². The van der Waals surface area contributed by atoms with Gasteiger partial charge < -0.3 is 9.15 Å². The molecule has 3 rings (SSSR count). The number of hydrogen-bond acceptors (Lipinski definition) is 4. The number of esters is 1. The first kappa shape index (κ1) is 11.5. The molecule has 0 saturated carbocycles. The summed E-state index contributed by atoms with van der Waals surface area (Å²) in [6, 6.07) is 13.4. The molecule has 94 valence electrons. The van der Waals surface area contributed by atoms with Gasteiger partial charge >= 0.3 is 5.97 Å². The Kier molecular flexibility index (Phi) is 2.76. The Morgan fingerprint density at radius 3 is 2.58 bits per heavy atom. The summed E-state index contributed by atoms with van der Waals surface area (Å²) < 4.78 is 10.5. The Bertz CT molecular complexity index is 680. The van der Waals surface area contributed by atoms with Crippen LogP contribution in [-0.2, 0) is 9.53 Å². The van der Waals surface area contributed by atoms with Gasteiger partial charge in [-0.25, -0.2) is 9.79 Å². The molecule has 1 aromatic carbocycles. The first-order chi connectivity index (χ1) is 9.22. The second-order valence-corrected chi connectivity index (χ2v) is 4.12. The van der Waals surface area contributed by atoms with Gasteiger partial charge in [0, 0.05) is 18.6 Å². The van der Waals surface area contributed by atoms with Crippen molar-refractivity contribution in [3.8, 4) is 11.3 Å². The molecule has 0 atom stereocenters. The second-order valence-electron chi connectivity index (χ2n) is 4.12. The van der Waals surface area contributed by atoms with Gasteiger partial charge in [-0.1, -0.05) is 30.3 Å². The van der Waals surface area contributed by atoms with Crippen LogP contribution in [0, 0.1) is 0 Å². The molecule has 0 amide bonds. The minimum Gasteiger partial charge on any atom is -0.457 e. The van der Waals surface area contributed by atoms with E-state index in [2.05, 4.69) is 4.99 Å². The van der Waals surface area contributed by atoms with E-state index in [4.69, 9.17) is 9.15 Å². The van der Waals surface area contributed by atoms with Crippen molar-refractivity contribution in [2.45, 2.75) is 6.92 Å². The third-order valence-corrected chi connectivity index (χ3v) is 2.69. The normalized spacial score (nSPS) is 16.6. The minimum atomic E-state index is -0.449. The molecule has 19 heavy (non-hydrogen) atoms. The fourth-order valence-corrected chi connectivity index (χ4v) is 1.84. The number of rotatable bonds is 2. The van der Waals surface area contributed by atoms with E-state index >= 15 is 0 Å². The van der Waals surface area contributed by atoms with Gasteiger partial charge in [-0.15, -0.1) is 0 Å². The largest absolute Gasteiger partial charge is 0.457 e. The number of carbonyl (C=O) groups is 1. The summed E-state index contributed by atoms with van der Waals surface area (Å²) in [5.41, 5.74) is 1.24. The zero-order chi connectivity index (χ0) is 13.2. The van der Waals surface area contributed by atoms with Crippen LogP contribution in [0.1, 0.15) is 12.7 Å². The molecule has 0 aliphatic carbocycles. The van der Waals surface area contributed by atoms with Crippen LogP contribution < -0.4 is 0 Å². The number of furan rings is 1. The molecule has 0 saturated heterocycles. The zero-order valence-corrected chi connectivity index (χ0v) is 10.3. The molecular weight excluding hydrogens is 242 g/mol. The number of nitrogens with zero attached hydrogens (tertiary/aromatic N) is 1. The summed E-state index contributed by atoms with van der Waals surface area (Å²) in [4.78, 5) is 15.4. The molecule has 4 heteroatoms. The van der Waals surface area contributed by atoms with Crippen molar-refractivity contribution < 1.29 is 13.9 Å². The SMILES string of the molecule is CC1=NC(=Cc2ccc(-c3ccccc3)o2)C(=O)O1. The highest BCUT2D eigenvalue weighted by Crippen LogP contribution is 2.24. The van der Waals surface area contributed by atoms with Crippen LogP contribution in [0.4, 0.5) is 0 Å². The van der Waals surface area contributed by atoms with E-state index in [1.807, 2.05) is 36.4 Å².